The molecular formula is C34H38N2O2. The number of para-hydroxylation sites is 2. The van der Waals surface area contributed by atoms with Crippen LogP contribution in [-0.4, -0.2) is 0 Å². The molecule has 5 rings (SSSR count). The molecule has 3 unspecified atom stereocenters. The smallest absolute Gasteiger partial charge is 0.131 e. The van der Waals surface area contributed by atoms with Crippen molar-refractivity contribution >= 4 is 11.4 Å². The lowest BCUT2D eigenvalue weighted by Gasteiger charge is -2.47. The molecule has 1 fully saturated rings. The van der Waals surface area contributed by atoms with Gasteiger partial charge in [0.15, 0.2) is 0 Å². The van der Waals surface area contributed by atoms with Gasteiger partial charge in [0.05, 0.1) is 0 Å². The van der Waals surface area contributed by atoms with Crippen LogP contribution in [0.25, 0.3) is 0 Å². The third-order valence-electron chi connectivity index (χ3n) is 8.30. The van der Waals surface area contributed by atoms with E-state index in [1.807, 2.05) is 60.7 Å². The molecule has 4 N–H and O–H groups in total. The monoisotopic (exact) mass is 506 g/mol. The van der Waals surface area contributed by atoms with Gasteiger partial charge in [-0.1, -0.05) is 57.2 Å². The molecule has 0 heterocycles. The molecule has 0 bridgehead atoms. The van der Waals surface area contributed by atoms with Gasteiger partial charge in [-0.05, 0) is 103 Å². The van der Waals surface area contributed by atoms with E-state index in [0.717, 1.165) is 47.2 Å². The van der Waals surface area contributed by atoms with Crippen molar-refractivity contribution in [3.8, 4) is 23.0 Å². The zero-order valence-corrected chi connectivity index (χ0v) is 22.6. The first-order valence-electron chi connectivity index (χ1n) is 13.6. The van der Waals surface area contributed by atoms with Crippen LogP contribution in [0.3, 0.4) is 0 Å². The normalized spacial score (nSPS) is 21.3. The number of hydrogen-bond donors (Lipinski definition) is 2. The molecule has 0 aliphatic heterocycles. The van der Waals surface area contributed by atoms with Crippen LogP contribution in [0.5, 0.6) is 23.0 Å². The fourth-order valence-corrected chi connectivity index (χ4v) is 5.95. The summed E-state index contributed by atoms with van der Waals surface area (Å²) in [5, 5.41) is 0. The topological polar surface area (TPSA) is 70.5 Å². The van der Waals surface area contributed by atoms with Crippen LogP contribution in [0.2, 0.25) is 0 Å². The second-order valence-corrected chi connectivity index (χ2v) is 11.1. The Morgan fingerprint density at radius 1 is 0.711 bits per heavy atom. The molecule has 4 aromatic rings. The van der Waals surface area contributed by atoms with Crippen LogP contribution in [0.1, 0.15) is 57.1 Å². The highest BCUT2D eigenvalue weighted by Crippen LogP contribution is 2.56. The minimum absolute atomic E-state index is 0.142. The molecule has 196 valence electrons. The van der Waals surface area contributed by atoms with E-state index < -0.39 is 0 Å². The summed E-state index contributed by atoms with van der Waals surface area (Å²) in [6, 6.07) is 32.2. The van der Waals surface area contributed by atoms with Crippen molar-refractivity contribution in [1.29, 1.82) is 0 Å². The maximum absolute atomic E-state index is 6.48. The first-order chi connectivity index (χ1) is 18.3. The van der Waals surface area contributed by atoms with E-state index in [2.05, 4.69) is 57.2 Å². The molecule has 0 aromatic heterocycles. The molecular weight excluding hydrogens is 468 g/mol. The highest BCUT2D eigenvalue weighted by Gasteiger charge is 2.45. The van der Waals surface area contributed by atoms with Crippen molar-refractivity contribution in [1.82, 2.24) is 0 Å². The highest BCUT2D eigenvalue weighted by molar-refractivity contribution is 5.50. The van der Waals surface area contributed by atoms with E-state index in [0.29, 0.717) is 11.8 Å². The number of hydrogen-bond acceptors (Lipinski definition) is 4. The number of benzene rings is 4. The molecule has 0 spiro atoms. The SMILES string of the molecule is CC(C)C1CCC(C)(c2ccccc2Oc2ccc(N)cc2)C(c2ccccc2Oc2ccc(N)cc2)C1. The van der Waals surface area contributed by atoms with Gasteiger partial charge in [0.2, 0.25) is 0 Å². The average molecular weight is 507 g/mol. The fourth-order valence-electron chi connectivity index (χ4n) is 5.95. The van der Waals surface area contributed by atoms with Gasteiger partial charge in [0.25, 0.3) is 0 Å². The Hall–Kier alpha value is -3.92. The maximum atomic E-state index is 6.48. The van der Waals surface area contributed by atoms with Crippen molar-refractivity contribution in [2.45, 2.75) is 51.4 Å². The van der Waals surface area contributed by atoms with Crippen LogP contribution in [0.4, 0.5) is 11.4 Å². The summed E-state index contributed by atoms with van der Waals surface area (Å²) in [5.74, 6) is 4.88. The lowest BCUT2D eigenvalue weighted by atomic mass is 9.57. The Kier molecular flexibility index (Phi) is 7.33. The molecule has 38 heavy (non-hydrogen) atoms. The van der Waals surface area contributed by atoms with Crippen molar-refractivity contribution in [2.75, 3.05) is 11.5 Å². The molecule has 0 amide bonds. The first-order valence-corrected chi connectivity index (χ1v) is 13.6. The zero-order valence-electron chi connectivity index (χ0n) is 22.6. The van der Waals surface area contributed by atoms with E-state index in [1.54, 1.807) is 0 Å². The zero-order chi connectivity index (χ0) is 26.7. The molecule has 0 saturated heterocycles. The van der Waals surface area contributed by atoms with Crippen LogP contribution in [0.15, 0.2) is 97.1 Å². The quantitative estimate of drug-likeness (QED) is 0.245. The van der Waals surface area contributed by atoms with Gasteiger partial charge in [-0.25, -0.2) is 0 Å². The number of nitrogen functional groups attached to an aromatic ring is 2. The Bertz CT molecular complexity index is 1360. The van der Waals surface area contributed by atoms with Crippen LogP contribution in [0, 0.1) is 11.8 Å². The number of rotatable bonds is 7. The molecule has 4 aromatic carbocycles. The van der Waals surface area contributed by atoms with Gasteiger partial charge in [-0.3, -0.25) is 0 Å². The van der Waals surface area contributed by atoms with Gasteiger partial charge in [-0.2, -0.15) is 0 Å². The third kappa shape index (κ3) is 5.35. The van der Waals surface area contributed by atoms with E-state index >= 15 is 0 Å². The lowest BCUT2D eigenvalue weighted by molar-refractivity contribution is 0.169. The van der Waals surface area contributed by atoms with E-state index in [-0.39, 0.29) is 11.3 Å². The molecule has 1 saturated carbocycles. The standard InChI is InChI=1S/C34H38N2O2/c1-23(2)24-20-21-34(3,30-9-5-7-11-33(30)38-28-18-14-26(36)15-19-28)31(22-24)29-8-4-6-10-32(29)37-27-16-12-25(35)13-17-27/h4-19,23-24,31H,20-22,35-36H2,1-3H3. The summed E-state index contributed by atoms with van der Waals surface area (Å²) in [4.78, 5) is 0. The van der Waals surface area contributed by atoms with Crippen molar-refractivity contribution in [3.63, 3.8) is 0 Å². The summed E-state index contributed by atoms with van der Waals surface area (Å²) >= 11 is 0. The van der Waals surface area contributed by atoms with E-state index in [1.165, 1.54) is 17.5 Å². The molecule has 3 atom stereocenters. The highest BCUT2D eigenvalue weighted by atomic mass is 16.5. The number of ether oxygens (including phenoxy) is 2. The van der Waals surface area contributed by atoms with Crippen molar-refractivity contribution < 1.29 is 9.47 Å². The molecule has 4 nitrogen and oxygen atoms in total. The molecule has 1 aliphatic rings. The predicted octanol–water partition coefficient (Wildman–Crippen LogP) is 8.93. The lowest BCUT2D eigenvalue weighted by Crippen LogP contribution is -2.38. The Labute approximate surface area is 226 Å². The largest absolute Gasteiger partial charge is 0.457 e. The van der Waals surface area contributed by atoms with Crippen LogP contribution in [-0.2, 0) is 5.41 Å². The predicted molar refractivity (Wildman–Crippen MR) is 157 cm³/mol. The van der Waals surface area contributed by atoms with Crippen LogP contribution >= 0.6 is 0 Å². The minimum atomic E-state index is -0.142. The van der Waals surface area contributed by atoms with Gasteiger partial charge in [-0.15, -0.1) is 0 Å². The molecule has 1 aliphatic carbocycles. The Balaban J connectivity index is 1.57. The first kappa shape index (κ1) is 25.7. The summed E-state index contributed by atoms with van der Waals surface area (Å²) in [5.41, 5.74) is 15.6. The second kappa shape index (κ2) is 10.8. The summed E-state index contributed by atoms with van der Waals surface area (Å²) < 4.78 is 13.0. The van der Waals surface area contributed by atoms with Gasteiger partial charge in [0.1, 0.15) is 23.0 Å². The van der Waals surface area contributed by atoms with Gasteiger partial charge < -0.3 is 20.9 Å². The maximum Gasteiger partial charge on any atom is 0.131 e. The average Bonchev–Trinajstić information content (AvgIpc) is 2.92. The van der Waals surface area contributed by atoms with Crippen LogP contribution < -0.4 is 20.9 Å². The van der Waals surface area contributed by atoms with E-state index in [9.17, 15) is 0 Å². The molecule has 4 heteroatoms. The van der Waals surface area contributed by atoms with E-state index in [4.69, 9.17) is 20.9 Å². The van der Waals surface area contributed by atoms with Gasteiger partial charge in [0, 0.05) is 22.4 Å². The van der Waals surface area contributed by atoms with Crippen molar-refractivity contribution in [3.05, 3.63) is 108 Å². The second-order valence-electron chi connectivity index (χ2n) is 11.1. The minimum Gasteiger partial charge on any atom is -0.457 e. The Morgan fingerprint density at radius 3 is 1.84 bits per heavy atom. The van der Waals surface area contributed by atoms with Crippen molar-refractivity contribution in [2.24, 2.45) is 11.8 Å². The number of nitrogens with two attached hydrogens (primary N) is 2. The molecule has 0 radical (unpaired) electrons. The summed E-state index contributed by atoms with van der Waals surface area (Å²) in [7, 11) is 0. The summed E-state index contributed by atoms with van der Waals surface area (Å²) in [6.45, 7) is 7.10. The van der Waals surface area contributed by atoms with Gasteiger partial charge >= 0.3 is 0 Å². The third-order valence-corrected chi connectivity index (χ3v) is 8.30. The number of anilines is 2. The Morgan fingerprint density at radius 2 is 1.24 bits per heavy atom. The fraction of sp³-hybridized carbons (Fsp3) is 0.294. The summed E-state index contributed by atoms with van der Waals surface area (Å²) in [6.07, 6.45) is 3.34.